The number of para-hydroxylation sites is 1. The van der Waals surface area contributed by atoms with Gasteiger partial charge >= 0.3 is 0 Å². The standard InChI is InChI=1S/C42H29N3O/c1-25-23-33-30-18-10-9-17-29(30)24-34(33)37(26(25)2)42-40(41(43-45-44-42)28-15-7-4-8-16-28)39-31(27-13-5-3-6-14-27)21-22-36-38(39)32-19-11-12-20-35(32)46-36/h3-23H,24H2,1-2H3. The van der Waals surface area contributed by atoms with Gasteiger partial charge in [-0.3, -0.25) is 0 Å². The number of nitrogens with zero attached hydrogens (tertiary/aromatic N) is 3. The number of aryl methyl sites for hydroxylation is 1. The number of furan rings is 1. The summed E-state index contributed by atoms with van der Waals surface area (Å²) in [6, 6.07) is 44.6. The van der Waals surface area contributed by atoms with Crippen LogP contribution in [0.25, 0.3) is 77.8 Å². The van der Waals surface area contributed by atoms with Crippen LogP contribution in [0, 0.1) is 13.8 Å². The zero-order valence-electron chi connectivity index (χ0n) is 25.6. The highest BCUT2D eigenvalue weighted by molar-refractivity contribution is 6.18. The van der Waals surface area contributed by atoms with E-state index in [1.807, 2.05) is 18.2 Å². The molecule has 0 unspecified atom stereocenters. The molecule has 46 heavy (non-hydrogen) atoms. The van der Waals surface area contributed by atoms with Crippen LogP contribution < -0.4 is 0 Å². The van der Waals surface area contributed by atoms with Crippen molar-refractivity contribution < 1.29 is 4.42 Å². The van der Waals surface area contributed by atoms with E-state index in [0.717, 1.165) is 73.1 Å². The van der Waals surface area contributed by atoms with Crippen molar-refractivity contribution in [1.29, 1.82) is 0 Å². The van der Waals surface area contributed by atoms with Gasteiger partial charge in [-0.2, -0.15) is 0 Å². The van der Waals surface area contributed by atoms with Gasteiger partial charge in [0.15, 0.2) is 0 Å². The Morgan fingerprint density at radius 2 is 1.24 bits per heavy atom. The van der Waals surface area contributed by atoms with Crippen molar-refractivity contribution in [3.63, 3.8) is 0 Å². The van der Waals surface area contributed by atoms with E-state index >= 15 is 0 Å². The van der Waals surface area contributed by atoms with Crippen LogP contribution in [-0.4, -0.2) is 15.4 Å². The number of rotatable bonds is 4. The summed E-state index contributed by atoms with van der Waals surface area (Å²) in [6.45, 7) is 4.42. The molecule has 0 saturated heterocycles. The second-order valence-electron chi connectivity index (χ2n) is 12.1. The molecule has 9 rings (SSSR count). The topological polar surface area (TPSA) is 51.8 Å². The Kier molecular flexibility index (Phi) is 5.97. The highest BCUT2D eigenvalue weighted by atomic mass is 16.3. The third-order valence-electron chi connectivity index (χ3n) is 9.55. The van der Waals surface area contributed by atoms with E-state index in [4.69, 9.17) is 14.6 Å². The molecule has 1 aliphatic carbocycles. The van der Waals surface area contributed by atoms with E-state index in [1.165, 1.54) is 33.4 Å². The first-order valence-corrected chi connectivity index (χ1v) is 15.7. The zero-order valence-corrected chi connectivity index (χ0v) is 25.6. The van der Waals surface area contributed by atoms with E-state index in [1.54, 1.807) is 0 Å². The first-order valence-electron chi connectivity index (χ1n) is 15.7. The third kappa shape index (κ3) is 3.97. The Morgan fingerprint density at radius 1 is 0.543 bits per heavy atom. The van der Waals surface area contributed by atoms with Gasteiger partial charge in [0.2, 0.25) is 0 Å². The average Bonchev–Trinajstić information content (AvgIpc) is 3.67. The molecule has 4 heteroatoms. The van der Waals surface area contributed by atoms with E-state index < -0.39 is 0 Å². The first kappa shape index (κ1) is 26.5. The van der Waals surface area contributed by atoms with Gasteiger partial charge in [0.25, 0.3) is 0 Å². The molecule has 0 saturated carbocycles. The van der Waals surface area contributed by atoms with Crippen LogP contribution in [0.2, 0.25) is 0 Å². The largest absolute Gasteiger partial charge is 0.456 e. The third-order valence-corrected chi connectivity index (χ3v) is 9.55. The van der Waals surface area contributed by atoms with Crippen molar-refractivity contribution in [2.45, 2.75) is 20.3 Å². The lowest BCUT2D eigenvalue weighted by Gasteiger charge is -2.21. The van der Waals surface area contributed by atoms with Gasteiger partial charge in [-0.05, 0) is 82.1 Å². The number of aromatic nitrogens is 3. The average molecular weight is 592 g/mol. The van der Waals surface area contributed by atoms with Crippen LogP contribution in [0.4, 0.5) is 0 Å². The van der Waals surface area contributed by atoms with Crippen molar-refractivity contribution in [3.8, 4) is 55.9 Å². The number of benzene rings is 6. The second-order valence-corrected chi connectivity index (χ2v) is 12.1. The molecule has 218 valence electrons. The fourth-order valence-corrected chi connectivity index (χ4v) is 7.31. The quantitative estimate of drug-likeness (QED) is 0.204. The summed E-state index contributed by atoms with van der Waals surface area (Å²) in [5.41, 5.74) is 17.3. The zero-order chi connectivity index (χ0) is 30.8. The smallest absolute Gasteiger partial charge is 0.136 e. The van der Waals surface area contributed by atoms with Crippen LogP contribution >= 0.6 is 0 Å². The molecule has 0 spiro atoms. The molecule has 2 aromatic heterocycles. The molecule has 0 aliphatic heterocycles. The fraction of sp³-hybridized carbons (Fsp3) is 0.0714. The van der Waals surface area contributed by atoms with Crippen LogP contribution in [-0.2, 0) is 6.42 Å². The molecule has 0 bridgehead atoms. The highest BCUT2D eigenvalue weighted by Gasteiger charge is 2.30. The van der Waals surface area contributed by atoms with Gasteiger partial charge < -0.3 is 4.42 Å². The Bertz CT molecular complexity index is 2460. The summed E-state index contributed by atoms with van der Waals surface area (Å²) >= 11 is 0. The Hall–Kier alpha value is -5.87. The predicted octanol–water partition coefficient (Wildman–Crippen LogP) is 10.6. The summed E-state index contributed by atoms with van der Waals surface area (Å²) in [6.07, 6.45) is 0.844. The lowest BCUT2D eigenvalue weighted by atomic mass is 9.83. The van der Waals surface area contributed by atoms with Crippen molar-refractivity contribution in [2.75, 3.05) is 0 Å². The van der Waals surface area contributed by atoms with Crippen molar-refractivity contribution in [1.82, 2.24) is 15.4 Å². The molecular formula is C42H29N3O. The molecule has 4 nitrogen and oxygen atoms in total. The maximum absolute atomic E-state index is 6.50. The molecule has 0 N–H and O–H groups in total. The molecule has 0 amide bonds. The van der Waals surface area contributed by atoms with E-state index in [2.05, 4.69) is 128 Å². The summed E-state index contributed by atoms with van der Waals surface area (Å²) in [4.78, 5) is 0. The molecular weight excluding hydrogens is 562 g/mol. The molecule has 1 aliphatic rings. The maximum atomic E-state index is 6.50. The number of hydrogen-bond acceptors (Lipinski definition) is 4. The summed E-state index contributed by atoms with van der Waals surface area (Å²) in [5, 5.41) is 16.4. The lowest BCUT2D eigenvalue weighted by molar-refractivity contribution is 0.669. The molecule has 0 radical (unpaired) electrons. The Balaban J connectivity index is 1.48. The SMILES string of the molecule is Cc1cc2c(c(-c3nnnc(-c4ccccc4)c3-c3c(-c4ccccc4)ccc4oc5ccccc5c34)c1C)Cc1ccccc1-2. The maximum Gasteiger partial charge on any atom is 0.136 e. The minimum atomic E-state index is 0.797. The van der Waals surface area contributed by atoms with Crippen LogP contribution in [0.3, 0.4) is 0 Å². The van der Waals surface area contributed by atoms with E-state index in [9.17, 15) is 0 Å². The molecule has 0 atom stereocenters. The molecule has 8 aromatic rings. The minimum Gasteiger partial charge on any atom is -0.456 e. The monoisotopic (exact) mass is 591 g/mol. The second kappa shape index (κ2) is 10.4. The normalized spacial score (nSPS) is 12.0. The van der Waals surface area contributed by atoms with Crippen LogP contribution in [0.5, 0.6) is 0 Å². The summed E-state index contributed by atoms with van der Waals surface area (Å²) in [7, 11) is 0. The van der Waals surface area contributed by atoms with Crippen LogP contribution in [0.1, 0.15) is 22.3 Å². The van der Waals surface area contributed by atoms with Crippen molar-refractivity contribution >= 4 is 21.9 Å². The number of hydrogen-bond donors (Lipinski definition) is 0. The lowest BCUT2D eigenvalue weighted by Crippen LogP contribution is -2.05. The molecule has 2 heterocycles. The number of fused-ring (bicyclic) bond motifs is 6. The van der Waals surface area contributed by atoms with E-state index in [0.29, 0.717) is 0 Å². The van der Waals surface area contributed by atoms with Crippen LogP contribution in [0.15, 0.2) is 132 Å². The first-order chi connectivity index (χ1) is 22.7. The van der Waals surface area contributed by atoms with Gasteiger partial charge in [0.1, 0.15) is 22.6 Å². The van der Waals surface area contributed by atoms with Gasteiger partial charge in [0.05, 0.1) is 0 Å². The van der Waals surface area contributed by atoms with Crippen molar-refractivity contribution in [2.24, 2.45) is 0 Å². The molecule has 0 fully saturated rings. The van der Waals surface area contributed by atoms with Gasteiger partial charge in [0, 0.05) is 33.0 Å². The Labute approximate surface area is 267 Å². The molecule has 6 aromatic carbocycles. The van der Waals surface area contributed by atoms with Gasteiger partial charge in [-0.25, -0.2) is 0 Å². The van der Waals surface area contributed by atoms with Crippen molar-refractivity contribution in [3.05, 3.63) is 150 Å². The predicted molar refractivity (Wildman–Crippen MR) is 187 cm³/mol. The summed E-state index contributed by atoms with van der Waals surface area (Å²) in [5.74, 6) is 0. The minimum absolute atomic E-state index is 0.797. The Morgan fingerprint density at radius 3 is 2.07 bits per heavy atom. The highest BCUT2D eigenvalue weighted by Crippen LogP contribution is 2.51. The summed E-state index contributed by atoms with van der Waals surface area (Å²) < 4.78 is 6.50. The van der Waals surface area contributed by atoms with Gasteiger partial charge in [-0.15, -0.1) is 10.2 Å². The van der Waals surface area contributed by atoms with E-state index in [-0.39, 0.29) is 0 Å². The van der Waals surface area contributed by atoms with Gasteiger partial charge in [-0.1, -0.05) is 115 Å². The fourth-order valence-electron chi connectivity index (χ4n) is 7.31.